The lowest BCUT2D eigenvalue weighted by atomic mass is 10.2. The highest BCUT2D eigenvalue weighted by atomic mass is 16.5. The van der Waals surface area contributed by atoms with Gasteiger partial charge in [0.25, 0.3) is 5.91 Å². The standard InChI is InChI=1S/C14H18N6O2/c1-9-8-12(17-14(15)16-9)19-3-5-20(6-4-19)13(21)11-7-10(2)18-22-11/h7-8H,3-6H2,1-2H3,(H2,15,16,17). The molecular weight excluding hydrogens is 284 g/mol. The molecule has 3 heterocycles. The molecule has 8 heteroatoms. The molecule has 2 aromatic heterocycles. The minimum absolute atomic E-state index is 0.126. The van der Waals surface area contributed by atoms with Crippen LogP contribution >= 0.6 is 0 Å². The van der Waals surface area contributed by atoms with Gasteiger partial charge in [0, 0.05) is 44.0 Å². The Labute approximate surface area is 127 Å². The maximum Gasteiger partial charge on any atom is 0.292 e. The zero-order valence-electron chi connectivity index (χ0n) is 12.6. The van der Waals surface area contributed by atoms with E-state index in [9.17, 15) is 4.79 Å². The molecule has 0 radical (unpaired) electrons. The van der Waals surface area contributed by atoms with Crippen molar-refractivity contribution < 1.29 is 9.32 Å². The number of nitrogen functional groups attached to an aromatic ring is 1. The molecule has 8 nitrogen and oxygen atoms in total. The number of anilines is 2. The largest absolute Gasteiger partial charge is 0.368 e. The van der Waals surface area contributed by atoms with Crippen LogP contribution in [0.4, 0.5) is 11.8 Å². The van der Waals surface area contributed by atoms with Gasteiger partial charge in [-0.05, 0) is 13.8 Å². The van der Waals surface area contributed by atoms with E-state index in [1.54, 1.807) is 17.9 Å². The van der Waals surface area contributed by atoms with Crippen LogP contribution in [-0.2, 0) is 0 Å². The molecular formula is C14H18N6O2. The fourth-order valence-electron chi connectivity index (χ4n) is 2.50. The molecule has 1 fully saturated rings. The van der Waals surface area contributed by atoms with Crippen molar-refractivity contribution in [2.45, 2.75) is 13.8 Å². The Hall–Kier alpha value is -2.64. The lowest BCUT2D eigenvalue weighted by Gasteiger charge is -2.35. The summed E-state index contributed by atoms with van der Waals surface area (Å²) in [5.41, 5.74) is 7.22. The van der Waals surface area contributed by atoms with E-state index in [0.717, 1.165) is 11.5 Å². The third kappa shape index (κ3) is 2.85. The molecule has 0 saturated carbocycles. The number of rotatable bonds is 2. The Morgan fingerprint density at radius 3 is 2.45 bits per heavy atom. The van der Waals surface area contributed by atoms with Crippen LogP contribution in [0, 0.1) is 13.8 Å². The number of hydrogen-bond donors (Lipinski definition) is 1. The van der Waals surface area contributed by atoms with Crippen LogP contribution in [-0.4, -0.2) is 52.1 Å². The average molecular weight is 302 g/mol. The number of aryl methyl sites for hydroxylation is 2. The van der Waals surface area contributed by atoms with Crippen LogP contribution in [0.15, 0.2) is 16.7 Å². The van der Waals surface area contributed by atoms with Crippen molar-refractivity contribution >= 4 is 17.7 Å². The predicted octanol–water partition coefficient (Wildman–Crippen LogP) is 0.626. The quantitative estimate of drug-likeness (QED) is 0.868. The molecule has 0 bridgehead atoms. The van der Waals surface area contributed by atoms with Gasteiger partial charge < -0.3 is 20.1 Å². The second kappa shape index (κ2) is 5.63. The van der Waals surface area contributed by atoms with E-state index in [2.05, 4.69) is 20.0 Å². The van der Waals surface area contributed by atoms with Crippen LogP contribution in [0.3, 0.4) is 0 Å². The van der Waals surface area contributed by atoms with Gasteiger partial charge in [0.1, 0.15) is 5.82 Å². The zero-order valence-corrected chi connectivity index (χ0v) is 12.6. The van der Waals surface area contributed by atoms with Gasteiger partial charge in [-0.1, -0.05) is 5.16 Å². The van der Waals surface area contributed by atoms with Gasteiger partial charge in [-0.3, -0.25) is 4.79 Å². The monoisotopic (exact) mass is 302 g/mol. The van der Waals surface area contributed by atoms with Gasteiger partial charge >= 0.3 is 0 Å². The summed E-state index contributed by atoms with van der Waals surface area (Å²) in [6.45, 7) is 6.25. The second-order valence-corrected chi connectivity index (χ2v) is 5.34. The van der Waals surface area contributed by atoms with Crippen molar-refractivity contribution in [3.05, 3.63) is 29.3 Å². The normalized spacial score (nSPS) is 15.2. The molecule has 2 N–H and O–H groups in total. The smallest absolute Gasteiger partial charge is 0.292 e. The van der Waals surface area contributed by atoms with Crippen LogP contribution in [0.2, 0.25) is 0 Å². The van der Waals surface area contributed by atoms with Crippen molar-refractivity contribution in [3.8, 4) is 0 Å². The first-order chi connectivity index (χ1) is 10.5. The molecule has 0 atom stereocenters. The van der Waals surface area contributed by atoms with Gasteiger partial charge in [0.15, 0.2) is 0 Å². The third-order valence-corrected chi connectivity index (χ3v) is 3.59. The number of carbonyl (C=O) groups is 1. The van der Waals surface area contributed by atoms with Crippen molar-refractivity contribution in [2.75, 3.05) is 36.8 Å². The van der Waals surface area contributed by atoms with Crippen molar-refractivity contribution in [3.63, 3.8) is 0 Å². The summed E-state index contributed by atoms with van der Waals surface area (Å²) in [5, 5.41) is 3.75. The van der Waals surface area contributed by atoms with Gasteiger partial charge in [0.2, 0.25) is 11.7 Å². The predicted molar refractivity (Wildman–Crippen MR) is 80.5 cm³/mol. The molecule has 116 valence electrons. The molecule has 1 saturated heterocycles. The maximum absolute atomic E-state index is 12.3. The molecule has 1 amide bonds. The zero-order chi connectivity index (χ0) is 15.7. The molecule has 3 rings (SSSR count). The summed E-state index contributed by atoms with van der Waals surface area (Å²) in [7, 11) is 0. The highest BCUT2D eigenvalue weighted by Gasteiger charge is 2.25. The van der Waals surface area contributed by atoms with Gasteiger partial charge in [0.05, 0.1) is 5.69 Å². The van der Waals surface area contributed by atoms with Crippen molar-refractivity contribution in [2.24, 2.45) is 0 Å². The lowest BCUT2D eigenvalue weighted by molar-refractivity contribution is 0.0704. The van der Waals surface area contributed by atoms with E-state index in [1.807, 2.05) is 13.0 Å². The molecule has 1 aliphatic rings. The second-order valence-electron chi connectivity index (χ2n) is 5.34. The number of nitrogens with two attached hydrogens (primary N) is 1. The molecule has 0 spiro atoms. The van der Waals surface area contributed by atoms with E-state index in [0.29, 0.717) is 31.9 Å². The summed E-state index contributed by atoms with van der Waals surface area (Å²) >= 11 is 0. The highest BCUT2D eigenvalue weighted by Crippen LogP contribution is 2.17. The van der Waals surface area contributed by atoms with Crippen LogP contribution < -0.4 is 10.6 Å². The van der Waals surface area contributed by atoms with E-state index in [-0.39, 0.29) is 17.6 Å². The topological polar surface area (TPSA) is 101 Å². The first-order valence-electron chi connectivity index (χ1n) is 7.11. The number of aromatic nitrogens is 3. The summed E-state index contributed by atoms with van der Waals surface area (Å²) in [6.07, 6.45) is 0. The van der Waals surface area contributed by atoms with Crippen LogP contribution in [0.1, 0.15) is 21.9 Å². The Bertz CT molecular complexity index is 670. The molecule has 2 aromatic rings. The summed E-state index contributed by atoms with van der Waals surface area (Å²) in [6, 6.07) is 3.55. The fraction of sp³-hybridized carbons (Fsp3) is 0.429. The molecule has 0 aliphatic carbocycles. The number of piperazine rings is 1. The first kappa shape index (κ1) is 14.3. The van der Waals surface area contributed by atoms with E-state index in [1.165, 1.54) is 0 Å². The highest BCUT2D eigenvalue weighted by molar-refractivity contribution is 5.91. The van der Waals surface area contributed by atoms with Gasteiger partial charge in [-0.15, -0.1) is 0 Å². The van der Waals surface area contributed by atoms with Gasteiger partial charge in [-0.25, -0.2) is 4.98 Å². The molecule has 0 unspecified atom stereocenters. The minimum Gasteiger partial charge on any atom is -0.368 e. The number of hydrogen-bond acceptors (Lipinski definition) is 7. The van der Waals surface area contributed by atoms with Crippen molar-refractivity contribution in [1.29, 1.82) is 0 Å². The summed E-state index contributed by atoms with van der Waals surface area (Å²) in [5.74, 6) is 1.23. The number of amides is 1. The maximum atomic E-state index is 12.3. The van der Waals surface area contributed by atoms with E-state index < -0.39 is 0 Å². The lowest BCUT2D eigenvalue weighted by Crippen LogP contribution is -2.49. The Morgan fingerprint density at radius 2 is 1.86 bits per heavy atom. The SMILES string of the molecule is Cc1cc(C(=O)N2CCN(c3cc(C)nc(N)n3)CC2)on1. The minimum atomic E-state index is -0.126. The molecule has 0 aromatic carbocycles. The number of nitrogens with zero attached hydrogens (tertiary/aromatic N) is 5. The van der Waals surface area contributed by atoms with Gasteiger partial charge in [-0.2, -0.15) is 4.98 Å². The summed E-state index contributed by atoms with van der Waals surface area (Å²) in [4.78, 5) is 24.5. The fourth-order valence-corrected chi connectivity index (χ4v) is 2.50. The average Bonchev–Trinajstić information content (AvgIpc) is 2.92. The van der Waals surface area contributed by atoms with E-state index in [4.69, 9.17) is 10.3 Å². The van der Waals surface area contributed by atoms with E-state index >= 15 is 0 Å². The Kier molecular flexibility index (Phi) is 3.66. The van der Waals surface area contributed by atoms with Crippen LogP contribution in [0.5, 0.6) is 0 Å². The number of carbonyl (C=O) groups excluding carboxylic acids is 1. The Morgan fingerprint density at radius 1 is 1.14 bits per heavy atom. The summed E-state index contributed by atoms with van der Waals surface area (Å²) < 4.78 is 5.03. The Balaban J connectivity index is 1.66. The van der Waals surface area contributed by atoms with Crippen LogP contribution in [0.25, 0.3) is 0 Å². The first-order valence-corrected chi connectivity index (χ1v) is 7.11. The third-order valence-electron chi connectivity index (χ3n) is 3.59. The molecule has 1 aliphatic heterocycles. The molecule has 22 heavy (non-hydrogen) atoms. The van der Waals surface area contributed by atoms with Crippen molar-refractivity contribution in [1.82, 2.24) is 20.0 Å².